The lowest BCUT2D eigenvalue weighted by atomic mass is 9.95. The van der Waals surface area contributed by atoms with Crippen molar-refractivity contribution in [3.63, 3.8) is 0 Å². The van der Waals surface area contributed by atoms with E-state index in [0.29, 0.717) is 11.7 Å². The van der Waals surface area contributed by atoms with Crippen molar-refractivity contribution in [2.24, 2.45) is 5.92 Å². The van der Waals surface area contributed by atoms with Crippen molar-refractivity contribution >= 4 is 45.9 Å². The van der Waals surface area contributed by atoms with Gasteiger partial charge in [0, 0.05) is 92.2 Å². The lowest BCUT2D eigenvalue weighted by Gasteiger charge is -2.40. The first-order valence-corrected chi connectivity index (χ1v) is 22.1. The molecule has 4 amide bonds. The zero-order valence-electron chi connectivity index (χ0n) is 36.9. The molecule has 3 aromatic heterocycles. The summed E-state index contributed by atoms with van der Waals surface area (Å²) in [6, 6.07) is 21.1. The summed E-state index contributed by atoms with van der Waals surface area (Å²) in [4.78, 5) is 62.3. The normalized spacial score (nSPS) is 17.2. The van der Waals surface area contributed by atoms with Crippen LogP contribution >= 0.6 is 0 Å². The van der Waals surface area contributed by atoms with Crippen LogP contribution in [0.1, 0.15) is 80.6 Å². The number of carbonyl (C=O) groups is 3. The number of aromatic amines is 1. The molecule has 9 rings (SSSR count). The second-order valence-electron chi connectivity index (χ2n) is 18.3. The van der Waals surface area contributed by atoms with Gasteiger partial charge in [-0.3, -0.25) is 24.7 Å². The number of urea groups is 1. The predicted octanol–water partition coefficient (Wildman–Crippen LogP) is 7.40. The van der Waals surface area contributed by atoms with Crippen LogP contribution in [0, 0.1) is 18.7 Å². The molecule has 0 saturated carbocycles. The Morgan fingerprint density at radius 3 is 2.30 bits per heavy atom. The van der Waals surface area contributed by atoms with Gasteiger partial charge in [0.1, 0.15) is 17.8 Å². The molecule has 3 N–H and O–H groups in total. The topological polar surface area (TPSA) is 169 Å². The van der Waals surface area contributed by atoms with E-state index in [0.717, 1.165) is 109 Å². The first-order chi connectivity index (χ1) is 30.8. The van der Waals surface area contributed by atoms with Gasteiger partial charge in [-0.2, -0.15) is 4.98 Å². The molecule has 332 valence electrons. The van der Waals surface area contributed by atoms with Gasteiger partial charge in [-0.15, -0.1) is 0 Å². The zero-order chi connectivity index (χ0) is 44.7. The fourth-order valence-electron chi connectivity index (χ4n) is 9.08. The average Bonchev–Trinajstić information content (AvgIpc) is 3.97. The Kier molecular flexibility index (Phi) is 11.6. The van der Waals surface area contributed by atoms with E-state index in [9.17, 15) is 14.4 Å². The molecule has 0 radical (unpaired) electrons. The number of hydrogen-bond acceptors (Lipinski definition) is 11. The maximum Gasteiger partial charge on any atom is 0.328 e. The molecule has 0 spiro atoms. The van der Waals surface area contributed by atoms with Gasteiger partial charge in [-0.1, -0.05) is 50.2 Å². The number of piperidine rings is 1. The summed E-state index contributed by atoms with van der Waals surface area (Å²) < 4.78 is 20.4. The predicted molar refractivity (Wildman–Crippen MR) is 244 cm³/mol. The number of nitrogens with zero attached hydrogens (tertiary/aromatic N) is 8. The summed E-state index contributed by atoms with van der Waals surface area (Å²) >= 11 is 0. The number of piperazine rings is 1. The second-order valence-corrected chi connectivity index (χ2v) is 18.3. The van der Waals surface area contributed by atoms with Gasteiger partial charge in [-0.05, 0) is 91.8 Å². The Morgan fingerprint density at radius 1 is 0.891 bits per heavy atom. The number of fused-ring (bicyclic) bond motifs is 1. The van der Waals surface area contributed by atoms with Crippen LogP contribution in [-0.4, -0.2) is 100 Å². The van der Waals surface area contributed by atoms with Crippen molar-refractivity contribution < 1.29 is 23.3 Å². The Hall–Kier alpha value is -6.68. The highest BCUT2D eigenvalue weighted by Gasteiger charge is 2.29. The Bertz CT molecular complexity index is 2690. The summed E-state index contributed by atoms with van der Waals surface area (Å²) in [5, 5.41) is 10.2. The fourth-order valence-corrected chi connectivity index (χ4v) is 9.08. The van der Waals surface area contributed by atoms with Crippen LogP contribution in [0.4, 0.5) is 26.2 Å². The molecule has 3 saturated heterocycles. The van der Waals surface area contributed by atoms with E-state index in [-0.39, 0.29) is 41.9 Å². The summed E-state index contributed by atoms with van der Waals surface area (Å²) in [6.45, 7) is 16.7. The molecular weight excluding hydrogens is 814 g/mol. The van der Waals surface area contributed by atoms with Gasteiger partial charge in [0.25, 0.3) is 0 Å². The van der Waals surface area contributed by atoms with Crippen molar-refractivity contribution in [3.05, 3.63) is 102 Å². The van der Waals surface area contributed by atoms with Crippen molar-refractivity contribution in [1.82, 2.24) is 40.6 Å². The Labute approximate surface area is 371 Å². The van der Waals surface area contributed by atoms with Crippen molar-refractivity contribution in [3.8, 4) is 22.5 Å². The lowest BCUT2D eigenvalue weighted by Crippen LogP contribution is -2.50. The molecular formula is C48H54FN11O4. The molecule has 3 aliphatic rings. The summed E-state index contributed by atoms with van der Waals surface area (Å²) in [5.41, 5.74) is 8.45. The standard InChI is InChI=1S/C48H54FN11O4/c1-29-24-33(8-12-36(29)30(2)52-44(62)45-55-46(56-64-45)48(3,4)5)42-37-26-39(53-43(37)51-28-50-42)32-6-9-34(10-7-32)59-22-20-57(21-23-59)27-31-14-17-58(18-15-31)35-11-13-40(38(49)25-35)60-19-16-41(61)54-47(60)63/h6-13,24-26,28,30-31H,14-23,27H2,1-5H3,(H,52,62)(H,50,51,53)(H,54,61,63)/t30-/m1/s1. The quantitative estimate of drug-likeness (QED) is 0.126. The third kappa shape index (κ3) is 8.91. The van der Waals surface area contributed by atoms with E-state index in [1.165, 1.54) is 16.7 Å². The number of nitrogens with one attached hydrogen (secondary N) is 3. The van der Waals surface area contributed by atoms with E-state index in [1.54, 1.807) is 12.4 Å². The summed E-state index contributed by atoms with van der Waals surface area (Å²) in [5.74, 6) is -0.194. The number of benzene rings is 3. The molecule has 16 heteroatoms. The SMILES string of the molecule is Cc1cc(-c2ncnc3[nH]c(-c4ccc(N5CCN(CC6CCN(c7ccc(N8CCC(=O)NC8=O)c(F)c7)CC6)CC5)cc4)cc23)ccc1[C@@H](C)NC(=O)c1nc(C(C)(C)C)no1. The van der Waals surface area contributed by atoms with Crippen LogP contribution in [0.25, 0.3) is 33.5 Å². The van der Waals surface area contributed by atoms with Crippen LogP contribution in [0.15, 0.2) is 77.6 Å². The minimum Gasteiger partial charge on any atom is -0.371 e. The van der Waals surface area contributed by atoms with Crippen molar-refractivity contribution in [2.45, 2.75) is 65.3 Å². The van der Waals surface area contributed by atoms with E-state index in [2.05, 4.69) is 81.8 Å². The highest BCUT2D eigenvalue weighted by Crippen LogP contribution is 2.34. The molecule has 15 nitrogen and oxygen atoms in total. The lowest BCUT2D eigenvalue weighted by molar-refractivity contribution is -0.120. The number of imide groups is 1. The van der Waals surface area contributed by atoms with Crippen molar-refractivity contribution in [1.29, 1.82) is 0 Å². The maximum atomic E-state index is 15.2. The van der Waals surface area contributed by atoms with Gasteiger partial charge >= 0.3 is 17.8 Å². The number of hydrogen-bond donors (Lipinski definition) is 3. The van der Waals surface area contributed by atoms with E-state index in [1.807, 2.05) is 52.8 Å². The molecule has 6 heterocycles. The van der Waals surface area contributed by atoms with Gasteiger partial charge < -0.3 is 24.6 Å². The van der Waals surface area contributed by atoms with E-state index in [4.69, 9.17) is 9.51 Å². The minimum absolute atomic E-state index is 0.0525. The maximum absolute atomic E-state index is 15.2. The molecule has 3 fully saturated rings. The second kappa shape index (κ2) is 17.5. The fraction of sp³-hybridized carbons (Fsp3) is 0.396. The van der Waals surface area contributed by atoms with Gasteiger partial charge in [0.2, 0.25) is 5.91 Å². The Morgan fingerprint density at radius 2 is 1.61 bits per heavy atom. The van der Waals surface area contributed by atoms with E-state index < -0.39 is 17.8 Å². The van der Waals surface area contributed by atoms with Crippen LogP contribution < -0.4 is 25.3 Å². The monoisotopic (exact) mass is 867 g/mol. The van der Waals surface area contributed by atoms with Crippen LogP contribution in [0.2, 0.25) is 0 Å². The average molecular weight is 868 g/mol. The number of anilines is 3. The third-order valence-electron chi connectivity index (χ3n) is 12.8. The largest absolute Gasteiger partial charge is 0.371 e. The number of carbonyl (C=O) groups excluding carboxylic acids is 3. The smallest absolute Gasteiger partial charge is 0.328 e. The first kappa shape index (κ1) is 42.6. The summed E-state index contributed by atoms with van der Waals surface area (Å²) in [6.07, 6.45) is 3.82. The number of H-pyrrole nitrogens is 1. The molecule has 0 unspecified atom stereocenters. The van der Waals surface area contributed by atoms with Crippen LogP contribution in [0.3, 0.4) is 0 Å². The van der Waals surface area contributed by atoms with E-state index >= 15 is 4.39 Å². The third-order valence-corrected chi connectivity index (χ3v) is 12.8. The highest BCUT2D eigenvalue weighted by molar-refractivity contribution is 6.05. The molecule has 3 aliphatic heterocycles. The Balaban J connectivity index is 0.771. The molecule has 1 atom stereocenters. The highest BCUT2D eigenvalue weighted by atomic mass is 19.1. The molecule has 64 heavy (non-hydrogen) atoms. The van der Waals surface area contributed by atoms with Crippen LogP contribution in [-0.2, 0) is 10.2 Å². The van der Waals surface area contributed by atoms with Gasteiger partial charge in [0.15, 0.2) is 5.82 Å². The van der Waals surface area contributed by atoms with Crippen LogP contribution in [0.5, 0.6) is 0 Å². The molecule has 3 aromatic carbocycles. The molecule has 6 aromatic rings. The first-order valence-electron chi connectivity index (χ1n) is 22.1. The number of amides is 4. The number of aromatic nitrogens is 5. The summed E-state index contributed by atoms with van der Waals surface area (Å²) in [7, 11) is 0. The van der Waals surface area contributed by atoms with Gasteiger partial charge in [0.05, 0.1) is 17.4 Å². The number of halogens is 1. The van der Waals surface area contributed by atoms with Gasteiger partial charge in [-0.25, -0.2) is 19.2 Å². The van der Waals surface area contributed by atoms with Crippen molar-refractivity contribution in [2.75, 3.05) is 67.1 Å². The molecule has 0 bridgehead atoms. The zero-order valence-corrected chi connectivity index (χ0v) is 36.9. The molecule has 0 aliphatic carbocycles. The number of aryl methyl sites for hydroxylation is 1. The minimum atomic E-state index is -0.582. The number of rotatable bonds is 10.